The molecule has 0 spiro atoms. The lowest BCUT2D eigenvalue weighted by molar-refractivity contribution is 0.831. The Morgan fingerprint density at radius 2 is 2.00 bits per heavy atom. The number of rotatable bonds is 3. The number of benzene rings is 1. The van der Waals surface area contributed by atoms with Crippen LogP contribution in [0.25, 0.3) is 11.3 Å². The molecule has 0 fully saturated rings. The zero-order valence-corrected chi connectivity index (χ0v) is 9.77. The van der Waals surface area contributed by atoms with Gasteiger partial charge in [0.2, 0.25) is 0 Å². The van der Waals surface area contributed by atoms with Crippen molar-refractivity contribution >= 4 is 11.3 Å². The molecular formula is C12H14N2S. The highest BCUT2D eigenvalue weighted by molar-refractivity contribution is 7.12. The van der Waals surface area contributed by atoms with Gasteiger partial charge in [0.1, 0.15) is 0 Å². The molecule has 0 saturated carbocycles. The standard InChI is InChI=1S/C12H14N2S/c1-9-14-12(11(15-9)8-13-2)10-6-4-3-5-7-10/h3-7,13H,8H2,1-2H3. The lowest BCUT2D eigenvalue weighted by Gasteiger charge is -2.00. The summed E-state index contributed by atoms with van der Waals surface area (Å²) in [6, 6.07) is 10.3. The molecule has 78 valence electrons. The van der Waals surface area contributed by atoms with Crippen molar-refractivity contribution < 1.29 is 0 Å². The molecule has 1 N–H and O–H groups in total. The van der Waals surface area contributed by atoms with Gasteiger partial charge in [-0.05, 0) is 14.0 Å². The smallest absolute Gasteiger partial charge is 0.0905 e. The summed E-state index contributed by atoms with van der Waals surface area (Å²) in [5.41, 5.74) is 2.32. The van der Waals surface area contributed by atoms with Crippen LogP contribution in [-0.4, -0.2) is 12.0 Å². The molecule has 1 aromatic carbocycles. The molecule has 0 unspecified atom stereocenters. The zero-order valence-electron chi connectivity index (χ0n) is 8.95. The van der Waals surface area contributed by atoms with Crippen LogP contribution in [0.3, 0.4) is 0 Å². The summed E-state index contributed by atoms with van der Waals surface area (Å²) in [5.74, 6) is 0. The molecule has 2 aromatic rings. The van der Waals surface area contributed by atoms with E-state index >= 15 is 0 Å². The minimum atomic E-state index is 0.885. The summed E-state index contributed by atoms with van der Waals surface area (Å²) in [5, 5.41) is 4.30. The molecule has 0 amide bonds. The zero-order chi connectivity index (χ0) is 10.7. The van der Waals surface area contributed by atoms with Crippen LogP contribution in [0.2, 0.25) is 0 Å². The lowest BCUT2D eigenvalue weighted by Crippen LogP contribution is -2.04. The van der Waals surface area contributed by atoms with E-state index in [0.717, 1.165) is 17.2 Å². The van der Waals surface area contributed by atoms with Gasteiger partial charge in [0.05, 0.1) is 10.7 Å². The van der Waals surface area contributed by atoms with Crippen molar-refractivity contribution in [2.75, 3.05) is 7.05 Å². The summed E-state index contributed by atoms with van der Waals surface area (Å²) >= 11 is 1.76. The Morgan fingerprint density at radius 1 is 1.27 bits per heavy atom. The average Bonchev–Trinajstić information content (AvgIpc) is 2.62. The van der Waals surface area contributed by atoms with Gasteiger partial charge in [0.15, 0.2) is 0 Å². The molecule has 0 saturated heterocycles. The summed E-state index contributed by atoms with van der Waals surface area (Å²) < 4.78 is 0. The van der Waals surface area contributed by atoms with Gasteiger partial charge in [-0.3, -0.25) is 0 Å². The van der Waals surface area contributed by atoms with Crippen molar-refractivity contribution in [2.24, 2.45) is 0 Å². The van der Waals surface area contributed by atoms with E-state index in [9.17, 15) is 0 Å². The first-order chi connectivity index (χ1) is 7.31. The van der Waals surface area contributed by atoms with Gasteiger partial charge in [0.25, 0.3) is 0 Å². The van der Waals surface area contributed by atoms with Crippen LogP contribution < -0.4 is 5.32 Å². The van der Waals surface area contributed by atoms with Gasteiger partial charge < -0.3 is 5.32 Å². The molecule has 15 heavy (non-hydrogen) atoms. The van der Waals surface area contributed by atoms with E-state index in [1.165, 1.54) is 10.4 Å². The van der Waals surface area contributed by atoms with Gasteiger partial charge in [-0.15, -0.1) is 11.3 Å². The van der Waals surface area contributed by atoms with Crippen molar-refractivity contribution in [3.05, 3.63) is 40.2 Å². The summed E-state index contributed by atoms with van der Waals surface area (Å²) in [6.07, 6.45) is 0. The molecule has 0 aliphatic carbocycles. The van der Waals surface area contributed by atoms with Crippen LogP contribution in [0, 0.1) is 6.92 Å². The maximum Gasteiger partial charge on any atom is 0.0905 e. The Labute approximate surface area is 94.0 Å². The minimum absolute atomic E-state index is 0.885. The Hall–Kier alpha value is -1.19. The topological polar surface area (TPSA) is 24.9 Å². The van der Waals surface area contributed by atoms with E-state index < -0.39 is 0 Å². The van der Waals surface area contributed by atoms with Crippen LogP contribution in [0.1, 0.15) is 9.88 Å². The van der Waals surface area contributed by atoms with Crippen molar-refractivity contribution in [3.8, 4) is 11.3 Å². The van der Waals surface area contributed by atoms with Gasteiger partial charge in [-0.25, -0.2) is 4.98 Å². The van der Waals surface area contributed by atoms with E-state index in [-0.39, 0.29) is 0 Å². The van der Waals surface area contributed by atoms with E-state index in [0.29, 0.717) is 0 Å². The fourth-order valence-electron chi connectivity index (χ4n) is 1.57. The molecule has 0 aliphatic rings. The highest BCUT2D eigenvalue weighted by Crippen LogP contribution is 2.27. The number of aryl methyl sites for hydroxylation is 1. The van der Waals surface area contributed by atoms with Crippen LogP contribution >= 0.6 is 11.3 Å². The Bertz CT molecular complexity index is 434. The van der Waals surface area contributed by atoms with E-state index in [4.69, 9.17) is 0 Å². The van der Waals surface area contributed by atoms with E-state index in [2.05, 4.69) is 29.4 Å². The third-order valence-electron chi connectivity index (χ3n) is 2.19. The predicted octanol–water partition coefficient (Wildman–Crippen LogP) is 2.84. The fourth-order valence-corrected chi connectivity index (χ4v) is 2.54. The number of nitrogens with zero attached hydrogens (tertiary/aromatic N) is 1. The average molecular weight is 218 g/mol. The highest BCUT2D eigenvalue weighted by Gasteiger charge is 2.09. The SMILES string of the molecule is CNCc1sc(C)nc1-c1ccccc1. The van der Waals surface area contributed by atoms with Crippen molar-refractivity contribution in [1.82, 2.24) is 10.3 Å². The second kappa shape index (κ2) is 4.55. The monoisotopic (exact) mass is 218 g/mol. The molecule has 2 nitrogen and oxygen atoms in total. The number of thiazole rings is 1. The maximum atomic E-state index is 4.58. The summed E-state index contributed by atoms with van der Waals surface area (Å²) in [4.78, 5) is 5.88. The highest BCUT2D eigenvalue weighted by atomic mass is 32.1. The molecule has 3 heteroatoms. The number of aromatic nitrogens is 1. The molecule has 0 atom stereocenters. The van der Waals surface area contributed by atoms with Crippen molar-refractivity contribution in [2.45, 2.75) is 13.5 Å². The van der Waals surface area contributed by atoms with Crippen LogP contribution in [0.4, 0.5) is 0 Å². The number of hydrogen-bond acceptors (Lipinski definition) is 3. The first-order valence-electron chi connectivity index (χ1n) is 4.97. The van der Waals surface area contributed by atoms with Crippen molar-refractivity contribution in [1.29, 1.82) is 0 Å². The third-order valence-corrected chi connectivity index (χ3v) is 3.16. The van der Waals surface area contributed by atoms with E-state index in [1.54, 1.807) is 11.3 Å². The van der Waals surface area contributed by atoms with Gasteiger partial charge in [-0.2, -0.15) is 0 Å². The number of hydrogen-bond donors (Lipinski definition) is 1. The summed E-state index contributed by atoms with van der Waals surface area (Å²) in [6.45, 7) is 2.94. The Balaban J connectivity index is 2.43. The molecule has 2 rings (SSSR count). The van der Waals surface area contributed by atoms with E-state index in [1.807, 2.05) is 25.2 Å². The van der Waals surface area contributed by atoms with Crippen LogP contribution in [-0.2, 0) is 6.54 Å². The molecule has 0 aliphatic heterocycles. The van der Waals surface area contributed by atoms with Crippen molar-refractivity contribution in [3.63, 3.8) is 0 Å². The lowest BCUT2D eigenvalue weighted by atomic mass is 10.1. The number of nitrogens with one attached hydrogen (secondary N) is 1. The van der Waals surface area contributed by atoms with Gasteiger partial charge in [0, 0.05) is 17.0 Å². The van der Waals surface area contributed by atoms with Gasteiger partial charge >= 0.3 is 0 Å². The Morgan fingerprint density at radius 3 is 2.67 bits per heavy atom. The largest absolute Gasteiger partial charge is 0.315 e. The van der Waals surface area contributed by atoms with Crippen LogP contribution in [0.5, 0.6) is 0 Å². The predicted molar refractivity (Wildman–Crippen MR) is 65.1 cm³/mol. The first-order valence-corrected chi connectivity index (χ1v) is 5.79. The third kappa shape index (κ3) is 2.25. The Kier molecular flexibility index (Phi) is 3.14. The normalized spacial score (nSPS) is 10.5. The molecule has 1 heterocycles. The molecule has 0 radical (unpaired) electrons. The van der Waals surface area contributed by atoms with Gasteiger partial charge in [-0.1, -0.05) is 30.3 Å². The van der Waals surface area contributed by atoms with Crippen LogP contribution in [0.15, 0.2) is 30.3 Å². The maximum absolute atomic E-state index is 4.58. The molecule has 1 aromatic heterocycles. The molecular weight excluding hydrogens is 204 g/mol. The second-order valence-corrected chi connectivity index (χ2v) is 4.69. The fraction of sp³-hybridized carbons (Fsp3) is 0.250. The summed E-state index contributed by atoms with van der Waals surface area (Å²) in [7, 11) is 1.96. The second-order valence-electron chi connectivity index (χ2n) is 3.40. The quantitative estimate of drug-likeness (QED) is 0.857. The molecule has 0 bridgehead atoms. The first kappa shape index (κ1) is 10.3. The minimum Gasteiger partial charge on any atom is -0.315 e.